The summed E-state index contributed by atoms with van der Waals surface area (Å²) in [6, 6.07) is 10.7. The number of likely N-dealkylation sites (tertiary alicyclic amines) is 1. The minimum absolute atomic E-state index is 0.382. The first-order valence-corrected chi connectivity index (χ1v) is 6.59. The number of hydrogen-bond donors (Lipinski definition) is 0. The third kappa shape index (κ3) is 3.23. The largest absolute Gasteiger partial charge is 0.303 e. The molecule has 2 atom stereocenters. The van der Waals surface area contributed by atoms with Crippen LogP contribution in [0.3, 0.4) is 0 Å². The minimum Gasteiger partial charge on any atom is -0.303 e. The van der Waals surface area contributed by atoms with Gasteiger partial charge in [0.2, 0.25) is 0 Å². The van der Waals surface area contributed by atoms with E-state index >= 15 is 0 Å². The van der Waals surface area contributed by atoms with Crippen molar-refractivity contribution in [2.45, 2.75) is 25.1 Å². The third-order valence-electron chi connectivity index (χ3n) is 3.44. The number of halogens is 1. The van der Waals surface area contributed by atoms with Gasteiger partial charge >= 0.3 is 0 Å². The lowest BCUT2D eigenvalue weighted by Gasteiger charge is -2.34. The Balaban J connectivity index is 1.79. The van der Waals surface area contributed by atoms with Crippen LogP contribution in [0, 0.1) is 5.92 Å². The molecule has 1 heterocycles. The standard InChI is InChI=1S/C14H20ClN/c1-12-11-16(10-8-14(12)15)9-7-13-5-3-2-4-6-13/h2-6,12,14H,7-11H2,1H3. The van der Waals surface area contributed by atoms with Crippen LogP contribution in [-0.4, -0.2) is 29.9 Å². The Morgan fingerprint density at radius 1 is 1.31 bits per heavy atom. The van der Waals surface area contributed by atoms with Crippen LogP contribution in [0.5, 0.6) is 0 Å². The van der Waals surface area contributed by atoms with Crippen LogP contribution in [0.1, 0.15) is 18.9 Å². The molecule has 1 saturated heterocycles. The second-order valence-corrected chi connectivity index (χ2v) is 5.38. The van der Waals surface area contributed by atoms with E-state index in [4.69, 9.17) is 11.6 Å². The molecule has 0 spiro atoms. The molecule has 1 aromatic rings. The molecule has 0 saturated carbocycles. The SMILES string of the molecule is CC1CN(CCc2ccccc2)CCC1Cl. The van der Waals surface area contributed by atoms with Crippen molar-refractivity contribution in [3.05, 3.63) is 35.9 Å². The van der Waals surface area contributed by atoms with Gasteiger partial charge in [0.15, 0.2) is 0 Å². The van der Waals surface area contributed by atoms with Gasteiger partial charge in [-0.3, -0.25) is 0 Å². The zero-order valence-corrected chi connectivity index (χ0v) is 10.7. The maximum atomic E-state index is 6.22. The van der Waals surface area contributed by atoms with Gasteiger partial charge in [0, 0.05) is 18.5 Å². The van der Waals surface area contributed by atoms with Crippen LogP contribution in [0.4, 0.5) is 0 Å². The summed E-state index contributed by atoms with van der Waals surface area (Å²) in [5.74, 6) is 0.631. The molecule has 0 aliphatic carbocycles. The lowest BCUT2D eigenvalue weighted by atomic mass is 9.99. The first-order chi connectivity index (χ1) is 7.75. The van der Waals surface area contributed by atoms with E-state index in [1.807, 2.05) is 0 Å². The summed E-state index contributed by atoms with van der Waals surface area (Å²) in [5, 5.41) is 0.382. The molecular formula is C14H20ClN. The first kappa shape index (κ1) is 11.9. The van der Waals surface area contributed by atoms with Crippen molar-refractivity contribution in [3.8, 4) is 0 Å². The molecule has 2 unspecified atom stereocenters. The molecule has 0 aromatic heterocycles. The average Bonchev–Trinajstić information content (AvgIpc) is 2.32. The fourth-order valence-electron chi connectivity index (χ4n) is 2.34. The van der Waals surface area contributed by atoms with Gasteiger partial charge in [-0.15, -0.1) is 11.6 Å². The highest BCUT2D eigenvalue weighted by atomic mass is 35.5. The molecule has 2 heteroatoms. The van der Waals surface area contributed by atoms with Crippen molar-refractivity contribution in [2.24, 2.45) is 5.92 Å². The Kier molecular flexibility index (Phi) is 4.25. The van der Waals surface area contributed by atoms with E-state index in [1.165, 1.54) is 5.56 Å². The fourth-order valence-corrected chi connectivity index (χ4v) is 2.52. The monoisotopic (exact) mass is 237 g/mol. The predicted molar refractivity (Wildman–Crippen MR) is 70.0 cm³/mol. The average molecular weight is 238 g/mol. The number of hydrogen-bond acceptors (Lipinski definition) is 1. The van der Waals surface area contributed by atoms with Gasteiger partial charge in [-0.1, -0.05) is 37.3 Å². The van der Waals surface area contributed by atoms with Crippen LogP contribution in [0.2, 0.25) is 0 Å². The predicted octanol–water partition coefficient (Wildman–Crippen LogP) is 3.18. The molecule has 2 rings (SSSR count). The maximum Gasteiger partial charge on any atom is 0.0386 e. The second-order valence-electron chi connectivity index (χ2n) is 4.82. The minimum atomic E-state index is 0.382. The Bertz CT molecular complexity index is 312. The summed E-state index contributed by atoms with van der Waals surface area (Å²) >= 11 is 6.22. The second kappa shape index (κ2) is 5.70. The van der Waals surface area contributed by atoms with Crippen LogP contribution in [0.25, 0.3) is 0 Å². The highest BCUT2D eigenvalue weighted by Crippen LogP contribution is 2.21. The van der Waals surface area contributed by atoms with Crippen molar-refractivity contribution < 1.29 is 0 Å². The molecule has 1 nitrogen and oxygen atoms in total. The zero-order chi connectivity index (χ0) is 11.4. The molecule has 1 aromatic carbocycles. The van der Waals surface area contributed by atoms with Crippen LogP contribution in [0.15, 0.2) is 30.3 Å². The Morgan fingerprint density at radius 3 is 2.75 bits per heavy atom. The smallest absolute Gasteiger partial charge is 0.0386 e. The summed E-state index contributed by atoms with van der Waals surface area (Å²) in [5.41, 5.74) is 1.43. The topological polar surface area (TPSA) is 3.24 Å². The molecule has 0 bridgehead atoms. The summed E-state index contributed by atoms with van der Waals surface area (Å²) in [6.45, 7) is 5.73. The van der Waals surface area contributed by atoms with E-state index in [9.17, 15) is 0 Å². The lowest BCUT2D eigenvalue weighted by Crippen LogP contribution is -2.40. The Hall–Kier alpha value is -0.530. The van der Waals surface area contributed by atoms with E-state index in [-0.39, 0.29) is 0 Å². The highest BCUT2D eigenvalue weighted by molar-refractivity contribution is 6.20. The zero-order valence-electron chi connectivity index (χ0n) is 9.90. The summed E-state index contributed by atoms with van der Waals surface area (Å²) < 4.78 is 0. The fraction of sp³-hybridized carbons (Fsp3) is 0.571. The molecule has 0 radical (unpaired) electrons. The van der Waals surface area contributed by atoms with Gasteiger partial charge in [0.1, 0.15) is 0 Å². The summed E-state index contributed by atoms with van der Waals surface area (Å²) in [6.07, 6.45) is 2.29. The number of benzene rings is 1. The van der Waals surface area contributed by atoms with Gasteiger partial charge in [-0.05, 0) is 30.9 Å². The third-order valence-corrected chi connectivity index (χ3v) is 4.09. The highest BCUT2D eigenvalue weighted by Gasteiger charge is 2.23. The lowest BCUT2D eigenvalue weighted by molar-refractivity contribution is 0.189. The molecule has 1 aliphatic rings. The normalized spacial score (nSPS) is 26.9. The molecule has 0 amide bonds. The maximum absolute atomic E-state index is 6.22. The quantitative estimate of drug-likeness (QED) is 0.730. The van der Waals surface area contributed by atoms with Crippen molar-refractivity contribution in [3.63, 3.8) is 0 Å². The number of nitrogens with zero attached hydrogens (tertiary/aromatic N) is 1. The van der Waals surface area contributed by atoms with Gasteiger partial charge in [0.05, 0.1) is 0 Å². The molecular weight excluding hydrogens is 218 g/mol. The molecule has 1 aliphatic heterocycles. The number of piperidine rings is 1. The van der Waals surface area contributed by atoms with E-state index in [0.717, 1.165) is 32.5 Å². The van der Waals surface area contributed by atoms with Crippen molar-refractivity contribution >= 4 is 11.6 Å². The van der Waals surface area contributed by atoms with Gasteiger partial charge in [-0.2, -0.15) is 0 Å². The molecule has 88 valence electrons. The first-order valence-electron chi connectivity index (χ1n) is 6.16. The van der Waals surface area contributed by atoms with Crippen molar-refractivity contribution in [2.75, 3.05) is 19.6 Å². The van der Waals surface area contributed by atoms with E-state index in [1.54, 1.807) is 0 Å². The van der Waals surface area contributed by atoms with Gasteiger partial charge in [-0.25, -0.2) is 0 Å². The van der Waals surface area contributed by atoms with Crippen molar-refractivity contribution in [1.82, 2.24) is 4.90 Å². The molecule has 0 N–H and O–H groups in total. The van der Waals surface area contributed by atoms with E-state index < -0.39 is 0 Å². The van der Waals surface area contributed by atoms with E-state index in [2.05, 4.69) is 42.2 Å². The van der Waals surface area contributed by atoms with Gasteiger partial charge < -0.3 is 4.90 Å². The summed E-state index contributed by atoms with van der Waals surface area (Å²) in [7, 11) is 0. The number of rotatable bonds is 3. The van der Waals surface area contributed by atoms with Crippen LogP contribution >= 0.6 is 11.6 Å². The molecule has 1 fully saturated rings. The Labute approximate surface area is 103 Å². The van der Waals surface area contributed by atoms with E-state index in [0.29, 0.717) is 11.3 Å². The van der Waals surface area contributed by atoms with Gasteiger partial charge in [0.25, 0.3) is 0 Å². The summed E-state index contributed by atoms with van der Waals surface area (Å²) in [4.78, 5) is 2.54. The van der Waals surface area contributed by atoms with Crippen LogP contribution < -0.4 is 0 Å². The van der Waals surface area contributed by atoms with Crippen molar-refractivity contribution in [1.29, 1.82) is 0 Å². The number of alkyl halides is 1. The molecule has 16 heavy (non-hydrogen) atoms. The van der Waals surface area contributed by atoms with Crippen LogP contribution in [-0.2, 0) is 6.42 Å². The Morgan fingerprint density at radius 2 is 2.06 bits per heavy atom.